The third kappa shape index (κ3) is 1.41. The number of rotatable bonds is 1. The number of carbonyl (C=O) groups excluding carboxylic acids is 1. The zero-order valence-corrected chi connectivity index (χ0v) is 8.38. The Morgan fingerprint density at radius 3 is 2.93 bits per heavy atom. The van der Waals surface area contributed by atoms with Crippen molar-refractivity contribution < 1.29 is 9.53 Å². The van der Waals surface area contributed by atoms with E-state index in [4.69, 9.17) is 4.74 Å². The number of esters is 1. The van der Waals surface area contributed by atoms with Gasteiger partial charge in [-0.2, -0.15) is 0 Å². The summed E-state index contributed by atoms with van der Waals surface area (Å²) in [6, 6.07) is 0. The van der Waals surface area contributed by atoms with Crippen LogP contribution < -0.4 is 0 Å². The standard InChI is InChI=1S/C12H14O2/c1-9(2)10-8-12(14-11(10)13)6-4-3-5-7-12/h4,6,8H,1,3,5,7H2,2H3. The lowest BCUT2D eigenvalue weighted by molar-refractivity contribution is -0.143. The molecule has 0 bridgehead atoms. The van der Waals surface area contributed by atoms with Gasteiger partial charge in [-0.05, 0) is 43.9 Å². The Bertz CT molecular complexity index is 349. The van der Waals surface area contributed by atoms with Crippen LogP contribution in [0.3, 0.4) is 0 Å². The van der Waals surface area contributed by atoms with Gasteiger partial charge >= 0.3 is 5.97 Å². The molecule has 0 saturated carbocycles. The summed E-state index contributed by atoms with van der Waals surface area (Å²) in [7, 11) is 0. The van der Waals surface area contributed by atoms with E-state index in [2.05, 4.69) is 12.7 Å². The SMILES string of the molecule is C=C(C)C1=CC2(C=CCCC2)OC1=O. The average molecular weight is 190 g/mol. The molecule has 0 N–H and O–H groups in total. The molecule has 2 aliphatic rings. The van der Waals surface area contributed by atoms with Crippen molar-refractivity contribution in [3.05, 3.63) is 36.0 Å². The second kappa shape index (κ2) is 3.12. The monoisotopic (exact) mass is 190 g/mol. The Labute approximate surface area is 83.9 Å². The lowest BCUT2D eigenvalue weighted by Gasteiger charge is -2.25. The summed E-state index contributed by atoms with van der Waals surface area (Å²) < 4.78 is 5.38. The molecular formula is C12H14O2. The van der Waals surface area contributed by atoms with E-state index in [-0.39, 0.29) is 5.97 Å². The van der Waals surface area contributed by atoms with E-state index in [0.717, 1.165) is 24.8 Å². The molecule has 2 rings (SSSR count). The van der Waals surface area contributed by atoms with Gasteiger partial charge < -0.3 is 4.74 Å². The van der Waals surface area contributed by atoms with Gasteiger partial charge in [-0.1, -0.05) is 12.7 Å². The van der Waals surface area contributed by atoms with Gasteiger partial charge in [0, 0.05) is 0 Å². The molecular weight excluding hydrogens is 176 g/mol. The zero-order chi connectivity index (χ0) is 10.2. The van der Waals surface area contributed by atoms with Crippen LogP contribution in [0.25, 0.3) is 0 Å². The molecule has 1 spiro atoms. The molecule has 0 amide bonds. The van der Waals surface area contributed by atoms with Crippen LogP contribution in [0.5, 0.6) is 0 Å². The summed E-state index contributed by atoms with van der Waals surface area (Å²) in [6.45, 7) is 5.60. The Kier molecular flexibility index (Phi) is 2.06. The minimum absolute atomic E-state index is 0.232. The van der Waals surface area contributed by atoms with Gasteiger partial charge in [0.15, 0.2) is 0 Å². The minimum Gasteiger partial charge on any atom is -0.447 e. The summed E-state index contributed by atoms with van der Waals surface area (Å²) in [5.41, 5.74) is 0.964. The first kappa shape index (κ1) is 9.25. The molecule has 0 fully saturated rings. The Morgan fingerprint density at radius 1 is 1.64 bits per heavy atom. The van der Waals surface area contributed by atoms with E-state index in [1.54, 1.807) is 0 Å². The fourth-order valence-electron chi connectivity index (χ4n) is 1.93. The first-order chi connectivity index (χ1) is 6.63. The number of hydrogen-bond acceptors (Lipinski definition) is 2. The predicted molar refractivity (Wildman–Crippen MR) is 54.7 cm³/mol. The molecule has 0 aromatic rings. The average Bonchev–Trinajstić information content (AvgIpc) is 2.44. The molecule has 1 heterocycles. The molecule has 14 heavy (non-hydrogen) atoms. The Morgan fingerprint density at radius 2 is 2.43 bits per heavy atom. The van der Waals surface area contributed by atoms with E-state index in [1.807, 2.05) is 19.1 Å². The maximum Gasteiger partial charge on any atom is 0.339 e. The van der Waals surface area contributed by atoms with Gasteiger partial charge in [-0.3, -0.25) is 0 Å². The molecule has 2 heteroatoms. The highest BCUT2D eigenvalue weighted by molar-refractivity contribution is 5.96. The molecule has 0 aromatic carbocycles. The van der Waals surface area contributed by atoms with E-state index in [0.29, 0.717) is 5.57 Å². The summed E-state index contributed by atoms with van der Waals surface area (Å²) in [6.07, 6.45) is 9.03. The number of carbonyl (C=O) groups is 1. The van der Waals surface area contributed by atoms with Crippen molar-refractivity contribution in [3.63, 3.8) is 0 Å². The lowest BCUT2D eigenvalue weighted by Crippen LogP contribution is -2.27. The van der Waals surface area contributed by atoms with Crippen LogP contribution in [-0.4, -0.2) is 11.6 Å². The van der Waals surface area contributed by atoms with Crippen molar-refractivity contribution in [2.24, 2.45) is 0 Å². The maximum atomic E-state index is 11.5. The van der Waals surface area contributed by atoms with Gasteiger partial charge in [-0.25, -0.2) is 4.79 Å². The molecule has 1 atom stereocenters. The van der Waals surface area contributed by atoms with E-state index >= 15 is 0 Å². The van der Waals surface area contributed by atoms with E-state index in [1.165, 1.54) is 0 Å². The van der Waals surface area contributed by atoms with Gasteiger partial charge in [0.1, 0.15) is 5.60 Å². The maximum absolute atomic E-state index is 11.5. The topological polar surface area (TPSA) is 26.3 Å². The summed E-state index contributed by atoms with van der Waals surface area (Å²) in [4.78, 5) is 11.5. The quantitative estimate of drug-likeness (QED) is 0.469. The number of hydrogen-bond donors (Lipinski definition) is 0. The Hall–Kier alpha value is -1.31. The first-order valence-corrected chi connectivity index (χ1v) is 4.93. The van der Waals surface area contributed by atoms with Crippen molar-refractivity contribution in [2.45, 2.75) is 31.8 Å². The molecule has 1 aliphatic carbocycles. The Balaban J connectivity index is 2.34. The van der Waals surface area contributed by atoms with E-state index in [9.17, 15) is 4.79 Å². The summed E-state index contributed by atoms with van der Waals surface area (Å²) in [5, 5.41) is 0. The third-order valence-corrected chi connectivity index (χ3v) is 2.69. The van der Waals surface area contributed by atoms with Crippen molar-refractivity contribution in [3.8, 4) is 0 Å². The summed E-state index contributed by atoms with van der Waals surface area (Å²) in [5.74, 6) is -0.232. The molecule has 0 aromatic heterocycles. The molecule has 0 saturated heterocycles. The highest BCUT2D eigenvalue weighted by atomic mass is 16.6. The van der Waals surface area contributed by atoms with Gasteiger partial charge in [-0.15, -0.1) is 0 Å². The molecule has 2 nitrogen and oxygen atoms in total. The second-order valence-electron chi connectivity index (χ2n) is 3.98. The molecule has 0 radical (unpaired) electrons. The van der Waals surface area contributed by atoms with Crippen molar-refractivity contribution in [1.82, 2.24) is 0 Å². The predicted octanol–water partition coefficient (Wildman–Crippen LogP) is 2.52. The smallest absolute Gasteiger partial charge is 0.339 e. The lowest BCUT2D eigenvalue weighted by atomic mass is 9.90. The number of allylic oxidation sites excluding steroid dienone is 1. The zero-order valence-electron chi connectivity index (χ0n) is 8.38. The molecule has 74 valence electrons. The molecule has 1 unspecified atom stereocenters. The fourth-order valence-corrected chi connectivity index (χ4v) is 1.93. The summed E-state index contributed by atoms with van der Waals surface area (Å²) >= 11 is 0. The van der Waals surface area contributed by atoms with Crippen LogP contribution in [0.15, 0.2) is 36.0 Å². The fraction of sp³-hybridized carbons (Fsp3) is 0.417. The van der Waals surface area contributed by atoms with Gasteiger partial charge in [0.05, 0.1) is 5.57 Å². The van der Waals surface area contributed by atoms with Crippen LogP contribution in [0.4, 0.5) is 0 Å². The highest BCUT2D eigenvalue weighted by Crippen LogP contribution is 2.35. The van der Waals surface area contributed by atoms with Crippen molar-refractivity contribution in [1.29, 1.82) is 0 Å². The minimum atomic E-state index is -0.455. The van der Waals surface area contributed by atoms with Crippen molar-refractivity contribution >= 4 is 5.97 Å². The van der Waals surface area contributed by atoms with Gasteiger partial charge in [0.2, 0.25) is 0 Å². The highest BCUT2D eigenvalue weighted by Gasteiger charge is 2.38. The van der Waals surface area contributed by atoms with E-state index < -0.39 is 5.60 Å². The van der Waals surface area contributed by atoms with Crippen molar-refractivity contribution in [2.75, 3.05) is 0 Å². The normalized spacial score (nSPS) is 30.4. The molecule has 1 aliphatic heterocycles. The third-order valence-electron chi connectivity index (χ3n) is 2.69. The second-order valence-corrected chi connectivity index (χ2v) is 3.98. The van der Waals surface area contributed by atoms with Crippen LogP contribution in [0.2, 0.25) is 0 Å². The van der Waals surface area contributed by atoms with Crippen LogP contribution in [-0.2, 0) is 9.53 Å². The first-order valence-electron chi connectivity index (χ1n) is 4.93. The van der Waals surface area contributed by atoms with Gasteiger partial charge in [0.25, 0.3) is 0 Å². The van der Waals surface area contributed by atoms with Crippen LogP contribution in [0, 0.1) is 0 Å². The van der Waals surface area contributed by atoms with Crippen LogP contribution in [0.1, 0.15) is 26.2 Å². The van der Waals surface area contributed by atoms with Crippen LogP contribution >= 0.6 is 0 Å². The largest absolute Gasteiger partial charge is 0.447 e. The number of ether oxygens (including phenoxy) is 1.